The van der Waals surface area contributed by atoms with E-state index in [1.54, 1.807) is 31.2 Å². The first-order chi connectivity index (χ1) is 9.98. The predicted molar refractivity (Wildman–Crippen MR) is 76.1 cm³/mol. The number of aryl methyl sites for hydroxylation is 2. The van der Waals surface area contributed by atoms with Gasteiger partial charge < -0.3 is 4.52 Å². The van der Waals surface area contributed by atoms with Crippen LogP contribution in [0.2, 0.25) is 0 Å². The van der Waals surface area contributed by atoms with Crippen LogP contribution in [0.3, 0.4) is 0 Å². The highest BCUT2D eigenvalue weighted by Crippen LogP contribution is 2.35. The number of nitrogens with zero attached hydrogens (tertiary/aromatic N) is 3. The predicted octanol–water partition coefficient (Wildman–Crippen LogP) is 2.21. The van der Waals surface area contributed by atoms with E-state index in [1.165, 1.54) is 4.31 Å². The van der Waals surface area contributed by atoms with Crippen molar-refractivity contribution in [2.45, 2.75) is 37.6 Å². The zero-order valence-electron chi connectivity index (χ0n) is 12.0. The van der Waals surface area contributed by atoms with Crippen LogP contribution in [0.5, 0.6) is 0 Å². The Hall–Kier alpha value is -1.73. The van der Waals surface area contributed by atoms with Crippen LogP contribution in [-0.4, -0.2) is 29.4 Å². The summed E-state index contributed by atoms with van der Waals surface area (Å²) in [5.41, 5.74) is 1.03. The fraction of sp³-hybridized carbons (Fsp3) is 0.429. The van der Waals surface area contributed by atoms with Gasteiger partial charge in [-0.25, -0.2) is 8.42 Å². The maximum absolute atomic E-state index is 12.8. The molecule has 6 nitrogen and oxygen atoms in total. The molecule has 0 amide bonds. The minimum atomic E-state index is -3.54. The molecule has 21 heavy (non-hydrogen) atoms. The molecule has 0 spiro atoms. The van der Waals surface area contributed by atoms with E-state index in [0.717, 1.165) is 12.0 Å². The lowest BCUT2D eigenvalue weighted by molar-refractivity contribution is 0.289. The fourth-order valence-corrected chi connectivity index (χ4v) is 4.22. The van der Waals surface area contributed by atoms with Crippen molar-refractivity contribution in [1.82, 2.24) is 14.4 Å². The molecular weight excluding hydrogens is 290 g/mol. The van der Waals surface area contributed by atoms with Crippen molar-refractivity contribution >= 4 is 10.0 Å². The van der Waals surface area contributed by atoms with E-state index < -0.39 is 10.0 Å². The second-order valence-corrected chi connectivity index (χ2v) is 7.16. The van der Waals surface area contributed by atoms with E-state index in [9.17, 15) is 8.42 Å². The molecule has 1 fully saturated rings. The Morgan fingerprint density at radius 3 is 2.57 bits per heavy atom. The molecule has 0 N–H and O–H groups in total. The number of sulfonamides is 1. The average Bonchev–Trinajstić information content (AvgIpc) is 3.07. The zero-order valence-corrected chi connectivity index (χ0v) is 12.8. The Morgan fingerprint density at radius 1 is 1.24 bits per heavy atom. The molecule has 0 saturated carbocycles. The third kappa shape index (κ3) is 2.58. The van der Waals surface area contributed by atoms with Crippen molar-refractivity contribution in [1.29, 1.82) is 0 Å². The minimum Gasteiger partial charge on any atom is -0.338 e. The van der Waals surface area contributed by atoms with Gasteiger partial charge in [-0.1, -0.05) is 22.9 Å². The topological polar surface area (TPSA) is 76.3 Å². The maximum Gasteiger partial charge on any atom is 0.245 e. The van der Waals surface area contributed by atoms with Gasteiger partial charge in [0, 0.05) is 6.54 Å². The van der Waals surface area contributed by atoms with Crippen molar-refractivity contribution in [3.05, 3.63) is 41.5 Å². The molecule has 1 saturated heterocycles. The number of rotatable bonds is 3. The molecule has 1 unspecified atom stereocenters. The lowest BCUT2D eigenvalue weighted by Gasteiger charge is -2.21. The van der Waals surface area contributed by atoms with Gasteiger partial charge in [-0.05, 0) is 38.8 Å². The van der Waals surface area contributed by atoms with Crippen molar-refractivity contribution in [3.63, 3.8) is 0 Å². The molecule has 7 heteroatoms. The van der Waals surface area contributed by atoms with Gasteiger partial charge in [0.2, 0.25) is 15.9 Å². The van der Waals surface area contributed by atoms with Gasteiger partial charge in [-0.2, -0.15) is 9.29 Å². The normalized spacial score (nSPS) is 20.0. The molecule has 2 heterocycles. The molecule has 2 aromatic rings. The summed E-state index contributed by atoms with van der Waals surface area (Å²) in [7, 11) is -3.54. The highest BCUT2D eigenvalue weighted by Gasteiger charge is 2.39. The Labute approximate surface area is 123 Å². The van der Waals surface area contributed by atoms with E-state index in [-0.39, 0.29) is 6.04 Å². The van der Waals surface area contributed by atoms with Crippen LogP contribution in [0.4, 0.5) is 0 Å². The lowest BCUT2D eigenvalue weighted by Crippen LogP contribution is -2.30. The third-order valence-electron chi connectivity index (χ3n) is 3.66. The van der Waals surface area contributed by atoms with Crippen molar-refractivity contribution < 1.29 is 12.9 Å². The summed E-state index contributed by atoms with van der Waals surface area (Å²) in [6.07, 6.45) is 1.49. The van der Waals surface area contributed by atoms with Crippen LogP contribution >= 0.6 is 0 Å². The summed E-state index contributed by atoms with van der Waals surface area (Å²) in [5, 5.41) is 3.75. The lowest BCUT2D eigenvalue weighted by atomic mass is 10.2. The summed E-state index contributed by atoms with van der Waals surface area (Å²) in [4.78, 5) is 4.48. The van der Waals surface area contributed by atoms with Crippen LogP contribution < -0.4 is 0 Å². The molecule has 3 rings (SSSR count). The molecule has 1 aromatic carbocycles. The van der Waals surface area contributed by atoms with Crippen LogP contribution in [0, 0.1) is 13.8 Å². The Morgan fingerprint density at radius 2 is 1.95 bits per heavy atom. The van der Waals surface area contributed by atoms with Gasteiger partial charge in [-0.3, -0.25) is 0 Å². The molecule has 112 valence electrons. The second-order valence-electron chi connectivity index (χ2n) is 5.27. The highest BCUT2D eigenvalue weighted by atomic mass is 32.2. The summed E-state index contributed by atoms with van der Waals surface area (Å²) in [6, 6.07) is 6.51. The van der Waals surface area contributed by atoms with Crippen LogP contribution in [0.1, 0.15) is 36.2 Å². The molecular formula is C14H17N3O3S. The fourth-order valence-electron chi connectivity index (χ4n) is 2.57. The SMILES string of the molecule is Cc1ccc(S(=O)(=O)N2CCCC2c2nc(C)no2)cc1. The number of aromatic nitrogens is 2. The maximum atomic E-state index is 12.8. The Balaban J connectivity index is 1.96. The molecule has 0 radical (unpaired) electrons. The molecule has 1 atom stereocenters. The molecule has 0 aliphatic carbocycles. The first kappa shape index (κ1) is 14.2. The highest BCUT2D eigenvalue weighted by molar-refractivity contribution is 7.89. The van der Waals surface area contributed by atoms with Crippen molar-refractivity contribution in [3.8, 4) is 0 Å². The zero-order chi connectivity index (χ0) is 15.0. The van der Waals surface area contributed by atoms with Crippen LogP contribution in [0.25, 0.3) is 0 Å². The van der Waals surface area contributed by atoms with Crippen LogP contribution in [-0.2, 0) is 10.0 Å². The third-order valence-corrected chi connectivity index (χ3v) is 5.58. The largest absolute Gasteiger partial charge is 0.338 e. The van der Waals surface area contributed by atoms with Gasteiger partial charge >= 0.3 is 0 Å². The van der Waals surface area contributed by atoms with Gasteiger partial charge in [0.25, 0.3) is 0 Å². The van der Waals surface area contributed by atoms with E-state index in [2.05, 4.69) is 10.1 Å². The molecule has 1 aromatic heterocycles. The van der Waals surface area contributed by atoms with Crippen molar-refractivity contribution in [2.75, 3.05) is 6.54 Å². The van der Waals surface area contributed by atoms with Crippen LogP contribution in [0.15, 0.2) is 33.7 Å². The van der Waals surface area contributed by atoms with Gasteiger partial charge in [0.1, 0.15) is 6.04 Å². The summed E-state index contributed by atoms with van der Waals surface area (Å²) >= 11 is 0. The van der Waals surface area contributed by atoms with E-state index in [0.29, 0.717) is 29.6 Å². The molecule has 1 aliphatic heterocycles. The monoisotopic (exact) mass is 307 g/mol. The molecule has 0 bridgehead atoms. The summed E-state index contributed by atoms with van der Waals surface area (Å²) in [5.74, 6) is 0.894. The standard InChI is InChI=1S/C14H17N3O3S/c1-10-5-7-12(8-6-10)21(18,19)17-9-3-4-13(17)14-15-11(2)16-20-14/h5-8,13H,3-4,9H2,1-2H3. The average molecular weight is 307 g/mol. The number of hydrogen-bond acceptors (Lipinski definition) is 5. The Kier molecular flexibility index (Phi) is 3.54. The number of hydrogen-bond donors (Lipinski definition) is 0. The smallest absolute Gasteiger partial charge is 0.245 e. The van der Waals surface area contributed by atoms with Gasteiger partial charge in [0.05, 0.1) is 4.90 Å². The first-order valence-electron chi connectivity index (χ1n) is 6.87. The second kappa shape index (κ2) is 5.23. The van der Waals surface area contributed by atoms with Crippen molar-refractivity contribution in [2.24, 2.45) is 0 Å². The quantitative estimate of drug-likeness (QED) is 0.869. The molecule has 1 aliphatic rings. The first-order valence-corrected chi connectivity index (χ1v) is 8.31. The van der Waals surface area contributed by atoms with E-state index in [4.69, 9.17) is 4.52 Å². The Bertz CT molecular complexity index is 737. The number of benzene rings is 1. The van der Waals surface area contributed by atoms with Gasteiger partial charge in [0.15, 0.2) is 5.82 Å². The minimum absolute atomic E-state index is 0.302. The van der Waals surface area contributed by atoms with E-state index in [1.807, 2.05) is 6.92 Å². The summed E-state index contributed by atoms with van der Waals surface area (Å²) in [6.45, 7) is 4.12. The van der Waals surface area contributed by atoms with E-state index >= 15 is 0 Å². The summed E-state index contributed by atoms with van der Waals surface area (Å²) < 4.78 is 32.2. The van der Waals surface area contributed by atoms with Gasteiger partial charge in [-0.15, -0.1) is 0 Å².